The minimum atomic E-state index is -0.0459. The first-order valence-electron chi connectivity index (χ1n) is 6.79. The second kappa shape index (κ2) is 9.91. The molecule has 1 aromatic carbocycles. The zero-order chi connectivity index (χ0) is 14.0. The summed E-state index contributed by atoms with van der Waals surface area (Å²) in [6, 6.07) is 13.7. The average Bonchev–Trinajstić information content (AvgIpc) is 2.52. The van der Waals surface area contributed by atoms with Crippen molar-refractivity contribution in [3.8, 4) is 0 Å². The monoisotopic (exact) mass is 304 g/mol. The van der Waals surface area contributed by atoms with Crippen molar-refractivity contribution in [2.45, 2.75) is 13.0 Å². The molecule has 1 heterocycles. The van der Waals surface area contributed by atoms with Crippen LogP contribution in [0.1, 0.15) is 22.3 Å². The minimum absolute atomic E-state index is 0. The Morgan fingerprint density at radius 1 is 1.00 bits per heavy atom. The van der Waals surface area contributed by atoms with Crippen LogP contribution in [0, 0.1) is 0 Å². The molecule has 112 valence electrons. The third-order valence-electron chi connectivity index (χ3n) is 2.93. The van der Waals surface area contributed by atoms with Crippen LogP contribution in [0.25, 0.3) is 0 Å². The van der Waals surface area contributed by atoms with Gasteiger partial charge in [-0.3, -0.25) is 9.78 Å². The summed E-state index contributed by atoms with van der Waals surface area (Å²) in [4.78, 5) is 15.6. The number of nitrogens with zero attached hydrogens (tertiary/aromatic N) is 1. The van der Waals surface area contributed by atoms with Gasteiger partial charge >= 0.3 is 0 Å². The molecule has 0 aliphatic carbocycles. The van der Waals surface area contributed by atoms with Crippen molar-refractivity contribution in [3.63, 3.8) is 0 Å². The van der Waals surface area contributed by atoms with Crippen LogP contribution >= 0.6 is 0 Å². The van der Waals surface area contributed by atoms with Crippen molar-refractivity contribution < 1.29 is 17.2 Å². The van der Waals surface area contributed by atoms with Crippen LogP contribution in [0.5, 0.6) is 0 Å². The number of nitrogens with one attached hydrogen (secondary N) is 2. The predicted molar refractivity (Wildman–Crippen MR) is 79.3 cm³/mol. The Kier molecular flexibility index (Phi) is 8.09. The van der Waals surface area contributed by atoms with Crippen LogP contribution < -0.4 is 23.0 Å². The molecule has 2 N–H and O–H groups in total. The molecule has 0 spiro atoms. The number of hydrogen-bond donors (Lipinski definition) is 2. The van der Waals surface area contributed by atoms with Gasteiger partial charge < -0.3 is 23.0 Å². The largest absolute Gasteiger partial charge is 1.00 e. The Labute approximate surface area is 131 Å². The molecular weight excluding hydrogens is 286 g/mol. The Balaban J connectivity index is 0.00000220. The van der Waals surface area contributed by atoms with Gasteiger partial charge in [-0.05, 0) is 30.7 Å². The summed E-state index contributed by atoms with van der Waals surface area (Å²) < 4.78 is 0. The lowest BCUT2D eigenvalue weighted by Crippen LogP contribution is -3.00. The Bertz CT molecular complexity index is 520. The van der Waals surface area contributed by atoms with Gasteiger partial charge in [-0.15, -0.1) is 0 Å². The lowest BCUT2D eigenvalue weighted by atomic mass is 10.2. The highest BCUT2D eigenvalue weighted by molar-refractivity contribution is 5.93. The number of aromatic nitrogens is 1. The number of carbonyl (C=O) groups excluding carboxylic acids is 1. The predicted octanol–water partition coefficient (Wildman–Crippen LogP) is -1.00. The Hall–Kier alpha value is -1.91. The lowest BCUT2D eigenvalue weighted by molar-refractivity contribution is -0.0000125. The van der Waals surface area contributed by atoms with Crippen molar-refractivity contribution in [1.82, 2.24) is 15.6 Å². The first-order valence-corrected chi connectivity index (χ1v) is 6.79. The van der Waals surface area contributed by atoms with Crippen LogP contribution in [0.15, 0.2) is 54.9 Å². The van der Waals surface area contributed by atoms with E-state index in [0.717, 1.165) is 19.5 Å². The molecule has 1 aromatic heterocycles. The van der Waals surface area contributed by atoms with Crippen molar-refractivity contribution in [2.75, 3.05) is 13.1 Å². The maximum absolute atomic E-state index is 11.7. The molecule has 5 heteroatoms. The molecule has 0 atom stereocenters. The molecule has 0 saturated carbocycles. The van der Waals surface area contributed by atoms with E-state index >= 15 is 0 Å². The molecule has 21 heavy (non-hydrogen) atoms. The summed E-state index contributed by atoms with van der Waals surface area (Å²) in [7, 11) is 0. The number of pyridine rings is 1. The maximum atomic E-state index is 11.7. The molecule has 4 nitrogen and oxygen atoms in total. The first-order chi connectivity index (χ1) is 9.86. The maximum Gasteiger partial charge on any atom is 0.251 e. The zero-order valence-electron chi connectivity index (χ0n) is 11.8. The summed E-state index contributed by atoms with van der Waals surface area (Å²) in [5.74, 6) is -0.0459. The number of hydrogen-bond acceptors (Lipinski definition) is 3. The smallest absolute Gasteiger partial charge is 0.251 e. The van der Waals surface area contributed by atoms with Crippen molar-refractivity contribution in [3.05, 3.63) is 66.0 Å². The van der Waals surface area contributed by atoms with Gasteiger partial charge in [0.25, 0.3) is 5.91 Å². The molecule has 2 rings (SSSR count). The van der Waals surface area contributed by atoms with E-state index < -0.39 is 0 Å². The zero-order valence-corrected chi connectivity index (χ0v) is 12.5. The standard InChI is InChI=1S/C16H19N3O.ClH/c20-16(15-7-11-17-12-8-15)19-10-4-9-18-13-14-5-2-1-3-6-14;/h1-3,5-8,11-12,18H,4,9-10,13H2,(H,19,20);1H/p-1. The number of halogens is 1. The molecule has 0 unspecified atom stereocenters. The van der Waals surface area contributed by atoms with E-state index in [1.165, 1.54) is 5.56 Å². The van der Waals surface area contributed by atoms with Crippen LogP contribution in [0.2, 0.25) is 0 Å². The highest BCUT2D eigenvalue weighted by Crippen LogP contribution is 1.97. The third kappa shape index (κ3) is 6.38. The van der Waals surface area contributed by atoms with Crippen molar-refractivity contribution in [2.24, 2.45) is 0 Å². The molecule has 0 aliphatic rings. The van der Waals surface area contributed by atoms with Gasteiger partial charge in [0.15, 0.2) is 0 Å². The molecular formula is C16H19ClN3O-. The first kappa shape index (κ1) is 17.1. The topological polar surface area (TPSA) is 54.0 Å². The second-order valence-corrected chi connectivity index (χ2v) is 4.51. The average molecular weight is 305 g/mol. The molecule has 0 saturated heterocycles. The van der Waals surface area contributed by atoms with Crippen LogP contribution in [0.3, 0.4) is 0 Å². The van der Waals surface area contributed by atoms with Crippen molar-refractivity contribution >= 4 is 5.91 Å². The van der Waals surface area contributed by atoms with E-state index in [9.17, 15) is 4.79 Å². The Morgan fingerprint density at radius 3 is 2.43 bits per heavy atom. The minimum Gasteiger partial charge on any atom is -1.00 e. The molecule has 0 bridgehead atoms. The number of amides is 1. The van der Waals surface area contributed by atoms with E-state index in [-0.39, 0.29) is 18.3 Å². The summed E-state index contributed by atoms with van der Waals surface area (Å²) in [6.07, 6.45) is 4.15. The quantitative estimate of drug-likeness (QED) is 0.645. The van der Waals surface area contributed by atoms with Gasteiger partial charge in [-0.1, -0.05) is 30.3 Å². The number of rotatable bonds is 7. The van der Waals surface area contributed by atoms with E-state index in [2.05, 4.69) is 27.8 Å². The van der Waals surface area contributed by atoms with E-state index in [1.807, 2.05) is 18.2 Å². The van der Waals surface area contributed by atoms with Crippen LogP contribution in [-0.4, -0.2) is 24.0 Å². The molecule has 0 fully saturated rings. The SMILES string of the molecule is O=C(NCCCNCc1ccccc1)c1ccncc1.[Cl-]. The van der Waals surface area contributed by atoms with Gasteiger partial charge in [0.05, 0.1) is 0 Å². The van der Waals surface area contributed by atoms with Gasteiger partial charge in [0.2, 0.25) is 0 Å². The summed E-state index contributed by atoms with van der Waals surface area (Å²) >= 11 is 0. The molecule has 2 aromatic rings. The Morgan fingerprint density at radius 2 is 1.71 bits per heavy atom. The van der Waals surface area contributed by atoms with Crippen molar-refractivity contribution in [1.29, 1.82) is 0 Å². The third-order valence-corrected chi connectivity index (χ3v) is 2.93. The molecule has 0 aliphatic heterocycles. The highest BCUT2D eigenvalue weighted by atomic mass is 35.5. The van der Waals surface area contributed by atoms with E-state index in [1.54, 1.807) is 24.5 Å². The number of carbonyl (C=O) groups is 1. The van der Waals surface area contributed by atoms with Gasteiger partial charge in [-0.2, -0.15) is 0 Å². The lowest BCUT2D eigenvalue weighted by Gasteiger charge is -2.06. The summed E-state index contributed by atoms with van der Waals surface area (Å²) in [6.45, 7) is 2.41. The molecule has 1 amide bonds. The van der Waals surface area contributed by atoms with Gasteiger partial charge in [0.1, 0.15) is 0 Å². The number of benzene rings is 1. The fourth-order valence-corrected chi connectivity index (χ4v) is 1.85. The van der Waals surface area contributed by atoms with Gasteiger partial charge in [-0.25, -0.2) is 0 Å². The summed E-state index contributed by atoms with van der Waals surface area (Å²) in [5.41, 5.74) is 1.92. The van der Waals surface area contributed by atoms with Crippen LogP contribution in [-0.2, 0) is 6.54 Å². The van der Waals surface area contributed by atoms with Gasteiger partial charge in [0, 0.05) is 31.0 Å². The second-order valence-electron chi connectivity index (χ2n) is 4.51. The fourth-order valence-electron chi connectivity index (χ4n) is 1.85. The molecule has 0 radical (unpaired) electrons. The normalized spacial score (nSPS) is 9.71. The van der Waals surface area contributed by atoms with Crippen LogP contribution in [0.4, 0.5) is 0 Å². The summed E-state index contributed by atoms with van der Waals surface area (Å²) in [5, 5.41) is 6.24. The van der Waals surface area contributed by atoms with E-state index in [4.69, 9.17) is 0 Å². The fraction of sp³-hybridized carbons (Fsp3) is 0.250. The van der Waals surface area contributed by atoms with E-state index in [0.29, 0.717) is 12.1 Å². The highest BCUT2D eigenvalue weighted by Gasteiger charge is 2.02.